The van der Waals surface area contributed by atoms with E-state index in [1.54, 1.807) is 0 Å². The highest BCUT2D eigenvalue weighted by atomic mass is 32.2. The van der Waals surface area contributed by atoms with E-state index in [-0.39, 0.29) is 0 Å². The van der Waals surface area contributed by atoms with E-state index in [1.807, 2.05) is 11.8 Å². The molecule has 0 bridgehead atoms. The number of aliphatic hydroxyl groups excluding tert-OH is 1. The van der Waals surface area contributed by atoms with Crippen molar-refractivity contribution in [3.05, 3.63) is 29.8 Å². The minimum atomic E-state index is 0.338. The minimum Gasteiger partial charge on any atom is -0.396 e. The molecule has 0 saturated carbocycles. The zero-order chi connectivity index (χ0) is 9.80. The SMILES string of the molecule is OCCCCC1Cc2ccccc2S1. The Morgan fingerprint density at radius 3 is 2.93 bits per heavy atom. The average Bonchev–Trinajstić information content (AvgIpc) is 2.60. The predicted octanol–water partition coefficient (Wildman–Crippen LogP) is 2.87. The normalized spacial score (nSPS) is 19.6. The molecule has 0 aromatic heterocycles. The summed E-state index contributed by atoms with van der Waals surface area (Å²) in [6, 6.07) is 8.68. The average molecular weight is 208 g/mol. The fourth-order valence-corrected chi connectivity index (χ4v) is 3.27. The third-order valence-electron chi connectivity index (χ3n) is 2.65. The summed E-state index contributed by atoms with van der Waals surface area (Å²) in [5.74, 6) is 0. The lowest BCUT2D eigenvalue weighted by molar-refractivity contribution is 0.283. The summed E-state index contributed by atoms with van der Waals surface area (Å²) < 4.78 is 0. The molecule has 0 spiro atoms. The van der Waals surface area contributed by atoms with Crippen molar-refractivity contribution in [2.24, 2.45) is 0 Å². The number of rotatable bonds is 4. The summed E-state index contributed by atoms with van der Waals surface area (Å²) in [6.07, 6.45) is 4.56. The third-order valence-corrected chi connectivity index (χ3v) is 4.04. The lowest BCUT2D eigenvalue weighted by atomic mass is 10.1. The summed E-state index contributed by atoms with van der Waals surface area (Å²) in [4.78, 5) is 1.46. The third kappa shape index (κ3) is 2.31. The largest absolute Gasteiger partial charge is 0.396 e. The molecule has 1 aromatic rings. The molecule has 1 nitrogen and oxygen atoms in total. The van der Waals surface area contributed by atoms with Gasteiger partial charge in [-0.25, -0.2) is 0 Å². The van der Waals surface area contributed by atoms with Gasteiger partial charge in [-0.2, -0.15) is 0 Å². The molecule has 0 aliphatic carbocycles. The number of benzene rings is 1. The van der Waals surface area contributed by atoms with Gasteiger partial charge >= 0.3 is 0 Å². The predicted molar refractivity (Wildman–Crippen MR) is 60.7 cm³/mol. The van der Waals surface area contributed by atoms with Crippen LogP contribution in [0.5, 0.6) is 0 Å². The van der Waals surface area contributed by atoms with Crippen molar-refractivity contribution in [3.8, 4) is 0 Å². The Bertz CT molecular complexity index is 273. The molecule has 2 heteroatoms. The van der Waals surface area contributed by atoms with Crippen LogP contribution in [0.2, 0.25) is 0 Å². The molecule has 1 aromatic carbocycles. The Hall–Kier alpha value is -0.470. The van der Waals surface area contributed by atoms with Gasteiger partial charge < -0.3 is 5.11 Å². The number of thioether (sulfide) groups is 1. The molecule has 1 aliphatic rings. The van der Waals surface area contributed by atoms with Crippen LogP contribution in [0.1, 0.15) is 24.8 Å². The van der Waals surface area contributed by atoms with E-state index in [0.29, 0.717) is 6.61 Å². The van der Waals surface area contributed by atoms with Gasteiger partial charge in [0.2, 0.25) is 0 Å². The van der Waals surface area contributed by atoms with Gasteiger partial charge in [-0.3, -0.25) is 0 Å². The van der Waals surface area contributed by atoms with E-state index in [0.717, 1.165) is 18.1 Å². The molecule has 1 atom stereocenters. The number of hydrogen-bond donors (Lipinski definition) is 1. The first-order valence-electron chi connectivity index (χ1n) is 5.25. The fourth-order valence-electron chi connectivity index (χ4n) is 1.90. The highest BCUT2D eigenvalue weighted by Crippen LogP contribution is 2.38. The maximum absolute atomic E-state index is 8.71. The van der Waals surface area contributed by atoms with Gasteiger partial charge in [0.05, 0.1) is 0 Å². The van der Waals surface area contributed by atoms with E-state index in [2.05, 4.69) is 24.3 Å². The van der Waals surface area contributed by atoms with E-state index in [9.17, 15) is 0 Å². The first kappa shape index (κ1) is 10.1. The van der Waals surface area contributed by atoms with Crippen LogP contribution in [0.4, 0.5) is 0 Å². The van der Waals surface area contributed by atoms with Crippen LogP contribution in [0, 0.1) is 0 Å². The Labute approximate surface area is 89.5 Å². The second kappa shape index (κ2) is 4.85. The number of fused-ring (bicyclic) bond motifs is 1. The molecule has 1 heterocycles. The zero-order valence-corrected chi connectivity index (χ0v) is 9.09. The van der Waals surface area contributed by atoms with Crippen molar-refractivity contribution in [2.45, 2.75) is 35.8 Å². The van der Waals surface area contributed by atoms with Crippen LogP contribution in [0.15, 0.2) is 29.2 Å². The Morgan fingerprint density at radius 1 is 1.29 bits per heavy atom. The lowest BCUT2D eigenvalue weighted by Crippen LogP contribution is -2.00. The van der Waals surface area contributed by atoms with Crippen molar-refractivity contribution in [1.29, 1.82) is 0 Å². The topological polar surface area (TPSA) is 20.2 Å². The van der Waals surface area contributed by atoms with E-state index >= 15 is 0 Å². The van der Waals surface area contributed by atoms with Crippen molar-refractivity contribution < 1.29 is 5.11 Å². The molecule has 1 aliphatic heterocycles. The van der Waals surface area contributed by atoms with Gasteiger partial charge in [-0.15, -0.1) is 11.8 Å². The zero-order valence-electron chi connectivity index (χ0n) is 8.28. The first-order chi connectivity index (χ1) is 6.90. The molecule has 0 radical (unpaired) electrons. The van der Waals surface area contributed by atoms with Gasteiger partial charge in [0, 0.05) is 16.8 Å². The quantitative estimate of drug-likeness (QED) is 0.768. The summed E-state index contributed by atoms with van der Waals surface area (Å²) in [5, 5.41) is 9.46. The molecule has 1 N–H and O–H groups in total. The van der Waals surface area contributed by atoms with Crippen LogP contribution >= 0.6 is 11.8 Å². The molecule has 76 valence electrons. The minimum absolute atomic E-state index is 0.338. The van der Waals surface area contributed by atoms with E-state index in [4.69, 9.17) is 5.11 Å². The highest BCUT2D eigenvalue weighted by Gasteiger charge is 2.20. The van der Waals surface area contributed by atoms with Crippen LogP contribution in [-0.4, -0.2) is 17.0 Å². The summed E-state index contributed by atoms with van der Waals surface area (Å²) in [7, 11) is 0. The Kier molecular flexibility index (Phi) is 3.49. The summed E-state index contributed by atoms with van der Waals surface area (Å²) >= 11 is 2.00. The van der Waals surface area contributed by atoms with Gasteiger partial charge in [-0.05, 0) is 30.9 Å². The number of aliphatic hydroxyl groups is 1. The molecular formula is C12H16OS. The van der Waals surface area contributed by atoms with Gasteiger partial charge in [0.15, 0.2) is 0 Å². The molecule has 0 saturated heterocycles. The summed E-state index contributed by atoms with van der Waals surface area (Å²) in [5.41, 5.74) is 1.51. The molecule has 2 rings (SSSR count). The van der Waals surface area contributed by atoms with E-state index < -0.39 is 0 Å². The first-order valence-corrected chi connectivity index (χ1v) is 6.13. The van der Waals surface area contributed by atoms with Gasteiger partial charge in [0.25, 0.3) is 0 Å². The van der Waals surface area contributed by atoms with Gasteiger partial charge in [-0.1, -0.05) is 24.6 Å². The molecule has 0 amide bonds. The molecular weight excluding hydrogens is 192 g/mol. The highest BCUT2D eigenvalue weighted by molar-refractivity contribution is 8.00. The second-order valence-electron chi connectivity index (χ2n) is 3.77. The molecule has 0 fully saturated rings. The van der Waals surface area contributed by atoms with E-state index in [1.165, 1.54) is 23.3 Å². The standard InChI is InChI=1S/C12H16OS/c13-8-4-3-6-11-9-10-5-1-2-7-12(10)14-11/h1-2,5,7,11,13H,3-4,6,8-9H2. The Morgan fingerprint density at radius 2 is 2.14 bits per heavy atom. The van der Waals surface area contributed by atoms with Crippen LogP contribution in [-0.2, 0) is 6.42 Å². The lowest BCUT2D eigenvalue weighted by Gasteiger charge is -2.06. The Balaban J connectivity index is 1.86. The van der Waals surface area contributed by atoms with Crippen molar-refractivity contribution in [2.75, 3.05) is 6.61 Å². The second-order valence-corrected chi connectivity index (χ2v) is 5.11. The van der Waals surface area contributed by atoms with Crippen LogP contribution in [0.3, 0.4) is 0 Å². The van der Waals surface area contributed by atoms with Crippen molar-refractivity contribution in [3.63, 3.8) is 0 Å². The van der Waals surface area contributed by atoms with Crippen molar-refractivity contribution in [1.82, 2.24) is 0 Å². The van der Waals surface area contributed by atoms with Crippen LogP contribution < -0.4 is 0 Å². The summed E-state index contributed by atoms with van der Waals surface area (Å²) in [6.45, 7) is 0.338. The van der Waals surface area contributed by atoms with Crippen LogP contribution in [0.25, 0.3) is 0 Å². The maximum atomic E-state index is 8.71. The molecule has 1 unspecified atom stereocenters. The fraction of sp³-hybridized carbons (Fsp3) is 0.500. The number of unbranched alkanes of at least 4 members (excludes halogenated alkanes) is 1. The smallest absolute Gasteiger partial charge is 0.0431 e. The monoisotopic (exact) mass is 208 g/mol. The molecule has 14 heavy (non-hydrogen) atoms. The van der Waals surface area contributed by atoms with Gasteiger partial charge in [0.1, 0.15) is 0 Å². The maximum Gasteiger partial charge on any atom is 0.0431 e. The van der Waals surface area contributed by atoms with Crippen molar-refractivity contribution >= 4 is 11.8 Å². The number of hydrogen-bond acceptors (Lipinski definition) is 2.